The summed E-state index contributed by atoms with van der Waals surface area (Å²) >= 11 is 0. The van der Waals surface area contributed by atoms with Crippen molar-refractivity contribution >= 4 is 25.7 Å². The van der Waals surface area contributed by atoms with Gasteiger partial charge in [-0.25, -0.2) is 9.59 Å². The summed E-state index contributed by atoms with van der Waals surface area (Å²) in [5.41, 5.74) is 0. The molecule has 0 saturated heterocycles. The molecule has 13 nitrogen and oxygen atoms in total. The van der Waals surface area contributed by atoms with Gasteiger partial charge in [-0.05, 0) is 44.4 Å². The number of carbonyl (C=O) groups excluding carboxylic acids is 2. The molecule has 0 bridgehead atoms. The zero-order chi connectivity index (χ0) is 25.7. The molecule has 1 unspecified atom stereocenters. The second kappa shape index (κ2) is 23.5. The Morgan fingerprint density at radius 3 is 2.17 bits per heavy atom. The molecule has 0 rings (SSSR count). The standard InChI is InChI=1S/C20H40N3O10P.Na/c1-29-13-15-31-19(25)22-11-7-5-9-17(23-20(26)32-16-14-30-2)18(24)21-10-6-4-8-12-33-34(3,27)28;/h17H,4-16H2,1-3H3,(H,21,24)(H,22,25)(H,23,26)(H,27,28);/q;+1/p-1/t17-;/m0./s1. The molecule has 0 aliphatic carbocycles. The first-order chi connectivity index (χ1) is 16.2. The van der Waals surface area contributed by atoms with Gasteiger partial charge in [-0.3, -0.25) is 4.57 Å². The monoisotopic (exact) mass is 535 g/mol. The van der Waals surface area contributed by atoms with E-state index in [2.05, 4.69) is 15.6 Å². The number of nitrogens with one attached hydrogen (secondary N) is 2. The van der Waals surface area contributed by atoms with E-state index in [0.29, 0.717) is 51.7 Å². The maximum absolute atomic E-state index is 12.5. The second-order valence-electron chi connectivity index (χ2n) is 7.29. The number of unbranched alkanes of at least 4 members (excludes halogenated alkanes) is 3. The van der Waals surface area contributed by atoms with Gasteiger partial charge >= 0.3 is 49.3 Å². The van der Waals surface area contributed by atoms with E-state index in [1.165, 1.54) is 14.2 Å². The topological polar surface area (TPSA) is 177 Å². The zero-order valence-electron chi connectivity index (χ0n) is 21.3. The number of rotatable bonds is 20. The van der Waals surface area contributed by atoms with Crippen LogP contribution in [0.1, 0.15) is 38.5 Å². The summed E-state index contributed by atoms with van der Waals surface area (Å²) in [6.45, 7) is 2.64. The fraction of sp³-hybridized carbons (Fsp3) is 0.850. The summed E-state index contributed by atoms with van der Waals surface area (Å²) in [6.07, 6.45) is 1.96. The van der Waals surface area contributed by atoms with Crippen molar-refractivity contribution in [2.75, 3.05) is 67.0 Å². The van der Waals surface area contributed by atoms with Crippen molar-refractivity contribution in [2.45, 2.75) is 44.6 Å². The molecule has 15 heteroatoms. The number of methoxy groups -OCH3 is 2. The molecule has 0 aromatic rings. The minimum atomic E-state index is -3.48. The Bertz CT molecular complexity index is 636. The van der Waals surface area contributed by atoms with Crippen LogP contribution in [-0.2, 0) is 28.0 Å². The Hall–Kier alpha value is -0.920. The minimum Gasteiger partial charge on any atom is -0.861 e. The van der Waals surface area contributed by atoms with E-state index < -0.39 is 31.7 Å². The predicted octanol–water partition coefficient (Wildman–Crippen LogP) is -1.96. The SMILES string of the molecule is COCCOC(=O)NCCCC[C@H](NC(=O)OCCOC)C([O-])=NCCCCCOP(C)(=O)O.[Na+]. The normalized spacial score (nSPS) is 13.8. The third kappa shape index (κ3) is 24.5. The van der Waals surface area contributed by atoms with Gasteiger partial charge in [-0.1, -0.05) is 0 Å². The summed E-state index contributed by atoms with van der Waals surface area (Å²) in [7, 11) is -0.492. The summed E-state index contributed by atoms with van der Waals surface area (Å²) < 4.78 is 35.3. The van der Waals surface area contributed by atoms with Crippen LogP contribution in [0.25, 0.3) is 0 Å². The number of hydrogen-bond donors (Lipinski definition) is 3. The van der Waals surface area contributed by atoms with Crippen LogP contribution in [0.2, 0.25) is 0 Å². The van der Waals surface area contributed by atoms with Crippen LogP contribution in [-0.4, -0.2) is 96.0 Å². The molecule has 0 aromatic carbocycles. The fourth-order valence-corrected chi connectivity index (χ4v) is 2.98. The first-order valence-corrected chi connectivity index (χ1v) is 13.2. The number of hydrogen-bond acceptors (Lipinski definition) is 10. The zero-order valence-corrected chi connectivity index (χ0v) is 24.2. The average Bonchev–Trinajstić information content (AvgIpc) is 2.76. The van der Waals surface area contributed by atoms with Crippen molar-refractivity contribution in [1.82, 2.24) is 10.6 Å². The van der Waals surface area contributed by atoms with E-state index in [1.54, 1.807) is 0 Å². The van der Waals surface area contributed by atoms with Gasteiger partial charge in [0.2, 0.25) is 0 Å². The van der Waals surface area contributed by atoms with E-state index in [4.69, 9.17) is 28.4 Å². The van der Waals surface area contributed by atoms with Gasteiger partial charge in [0.1, 0.15) is 13.2 Å². The van der Waals surface area contributed by atoms with Crippen LogP contribution in [0.3, 0.4) is 0 Å². The van der Waals surface area contributed by atoms with E-state index in [-0.39, 0.29) is 62.5 Å². The number of alkyl carbamates (subject to hydrolysis) is 2. The van der Waals surface area contributed by atoms with E-state index in [1.807, 2.05) is 0 Å². The van der Waals surface area contributed by atoms with Gasteiger partial charge in [0, 0.05) is 34.0 Å². The summed E-state index contributed by atoms with van der Waals surface area (Å²) in [4.78, 5) is 36.5. The molecule has 0 aliphatic heterocycles. The van der Waals surface area contributed by atoms with Crippen molar-refractivity contribution in [1.29, 1.82) is 0 Å². The Balaban J connectivity index is 0. The molecule has 2 amide bonds. The molecule has 0 aromatic heterocycles. The largest absolute Gasteiger partial charge is 1.00 e. The molecular formula is C20H39N3NaO10P. The maximum Gasteiger partial charge on any atom is 1.00 e. The van der Waals surface area contributed by atoms with Gasteiger partial charge in [-0.2, -0.15) is 0 Å². The molecule has 0 saturated carbocycles. The quantitative estimate of drug-likeness (QED) is 0.0521. The van der Waals surface area contributed by atoms with Gasteiger partial charge in [0.25, 0.3) is 0 Å². The third-order valence-corrected chi connectivity index (χ3v) is 4.88. The van der Waals surface area contributed by atoms with Crippen LogP contribution in [0.4, 0.5) is 9.59 Å². The first-order valence-electron chi connectivity index (χ1n) is 11.2. The van der Waals surface area contributed by atoms with Crippen LogP contribution < -0.4 is 45.3 Å². The Labute approximate surface area is 229 Å². The Morgan fingerprint density at radius 2 is 1.57 bits per heavy atom. The molecule has 3 N–H and O–H groups in total. The number of aliphatic imine (C=N–C) groups is 1. The van der Waals surface area contributed by atoms with Gasteiger partial charge < -0.3 is 49.1 Å². The maximum atomic E-state index is 12.5. The van der Waals surface area contributed by atoms with Crippen molar-refractivity contribution in [3.8, 4) is 0 Å². The summed E-state index contributed by atoms with van der Waals surface area (Å²) in [6, 6.07) is -0.854. The number of amides is 2. The van der Waals surface area contributed by atoms with Crippen molar-refractivity contribution < 1.29 is 77.2 Å². The van der Waals surface area contributed by atoms with Gasteiger partial charge in [0.15, 0.2) is 0 Å². The van der Waals surface area contributed by atoms with Crippen LogP contribution in [0, 0.1) is 0 Å². The van der Waals surface area contributed by atoms with Crippen molar-refractivity contribution in [2.24, 2.45) is 4.99 Å². The Kier molecular flexibility index (Phi) is 24.3. The van der Waals surface area contributed by atoms with Gasteiger partial charge in [0.05, 0.1) is 25.9 Å². The van der Waals surface area contributed by atoms with Crippen LogP contribution in [0.5, 0.6) is 0 Å². The molecule has 0 heterocycles. The smallest absolute Gasteiger partial charge is 0.861 e. The van der Waals surface area contributed by atoms with Crippen LogP contribution in [0.15, 0.2) is 4.99 Å². The number of nitrogens with zero attached hydrogens (tertiary/aromatic N) is 1. The van der Waals surface area contributed by atoms with E-state index >= 15 is 0 Å². The molecule has 0 aliphatic rings. The van der Waals surface area contributed by atoms with E-state index in [0.717, 1.165) is 6.66 Å². The molecule has 0 spiro atoms. The van der Waals surface area contributed by atoms with Crippen LogP contribution >= 0.6 is 7.60 Å². The molecule has 0 radical (unpaired) electrons. The summed E-state index contributed by atoms with van der Waals surface area (Å²) in [5, 5.41) is 17.6. The molecule has 35 heavy (non-hydrogen) atoms. The van der Waals surface area contributed by atoms with Gasteiger partial charge in [-0.15, -0.1) is 0 Å². The Morgan fingerprint density at radius 1 is 0.943 bits per heavy atom. The molecular weight excluding hydrogens is 496 g/mol. The molecule has 200 valence electrons. The minimum absolute atomic E-state index is 0. The predicted molar refractivity (Wildman–Crippen MR) is 123 cm³/mol. The van der Waals surface area contributed by atoms with E-state index in [9.17, 15) is 19.3 Å². The first kappa shape index (κ1) is 36.2. The second-order valence-corrected chi connectivity index (χ2v) is 9.16. The summed E-state index contributed by atoms with van der Waals surface area (Å²) in [5.74, 6) is -0.472. The third-order valence-electron chi connectivity index (χ3n) is 4.22. The van der Waals surface area contributed by atoms with Crippen molar-refractivity contribution in [3.63, 3.8) is 0 Å². The fourth-order valence-electron chi connectivity index (χ4n) is 2.52. The average molecular weight is 536 g/mol. The molecule has 2 atom stereocenters. The molecule has 0 fully saturated rings. The van der Waals surface area contributed by atoms with Crippen molar-refractivity contribution in [3.05, 3.63) is 0 Å². The number of ether oxygens (including phenoxy) is 4. The number of carbonyl (C=O) groups is 2.